The van der Waals surface area contributed by atoms with Crippen molar-refractivity contribution in [1.29, 1.82) is 0 Å². The second kappa shape index (κ2) is 6.36. The maximum absolute atomic E-state index is 12.1. The molecule has 1 heterocycles. The van der Waals surface area contributed by atoms with E-state index in [2.05, 4.69) is 0 Å². The molecule has 2 aromatic rings. The smallest absolute Gasteiger partial charge is 0.174 e. The van der Waals surface area contributed by atoms with Gasteiger partial charge in [0.25, 0.3) is 0 Å². The SMILES string of the molecule is CO.O=C1CC(c2ccc(O)cc2)Oc2cc(O)cc(O)c21. The largest absolute Gasteiger partial charge is 0.508 e. The fraction of sp³-hybridized carbons (Fsp3) is 0.188. The Labute approximate surface area is 126 Å². The van der Waals surface area contributed by atoms with Crippen molar-refractivity contribution in [3.63, 3.8) is 0 Å². The van der Waals surface area contributed by atoms with Crippen LogP contribution >= 0.6 is 0 Å². The molecule has 22 heavy (non-hydrogen) atoms. The number of hydrogen-bond acceptors (Lipinski definition) is 6. The predicted octanol–water partition coefficient (Wildman–Crippen LogP) is 2.12. The van der Waals surface area contributed by atoms with Crippen LogP contribution in [0.25, 0.3) is 0 Å². The molecule has 0 spiro atoms. The Balaban J connectivity index is 0.000000847. The average molecular weight is 304 g/mol. The summed E-state index contributed by atoms with van der Waals surface area (Å²) in [5.41, 5.74) is 0.836. The van der Waals surface area contributed by atoms with Crippen molar-refractivity contribution in [1.82, 2.24) is 0 Å². The van der Waals surface area contributed by atoms with Gasteiger partial charge in [-0.3, -0.25) is 4.79 Å². The third kappa shape index (κ3) is 2.96. The van der Waals surface area contributed by atoms with Crippen molar-refractivity contribution in [2.45, 2.75) is 12.5 Å². The Morgan fingerprint density at radius 2 is 1.64 bits per heavy atom. The Hall–Kier alpha value is -2.73. The normalized spacial score (nSPS) is 16.1. The van der Waals surface area contributed by atoms with E-state index in [0.717, 1.165) is 18.7 Å². The van der Waals surface area contributed by atoms with Gasteiger partial charge in [0.1, 0.15) is 34.7 Å². The van der Waals surface area contributed by atoms with Gasteiger partial charge in [-0.2, -0.15) is 0 Å². The van der Waals surface area contributed by atoms with Gasteiger partial charge in [0.2, 0.25) is 0 Å². The van der Waals surface area contributed by atoms with Crippen molar-refractivity contribution in [3.8, 4) is 23.0 Å². The van der Waals surface area contributed by atoms with Crippen LogP contribution in [0, 0.1) is 0 Å². The number of phenolic OH excluding ortho intramolecular Hbond substituents is 3. The molecule has 0 radical (unpaired) electrons. The van der Waals surface area contributed by atoms with E-state index in [-0.39, 0.29) is 40.8 Å². The van der Waals surface area contributed by atoms with Crippen LogP contribution in [-0.4, -0.2) is 33.3 Å². The lowest BCUT2D eigenvalue weighted by molar-refractivity contribution is 0.0845. The summed E-state index contributed by atoms with van der Waals surface area (Å²) >= 11 is 0. The summed E-state index contributed by atoms with van der Waals surface area (Å²) in [5, 5.41) is 35.4. The summed E-state index contributed by atoms with van der Waals surface area (Å²) in [6.07, 6.45) is -0.410. The first-order chi connectivity index (χ1) is 10.5. The number of carbonyl (C=O) groups is 1. The highest BCUT2D eigenvalue weighted by atomic mass is 16.5. The maximum Gasteiger partial charge on any atom is 0.174 e. The van der Waals surface area contributed by atoms with Gasteiger partial charge in [-0.1, -0.05) is 12.1 Å². The molecular weight excluding hydrogens is 288 g/mol. The number of phenols is 3. The van der Waals surface area contributed by atoms with E-state index >= 15 is 0 Å². The van der Waals surface area contributed by atoms with Gasteiger partial charge in [0.05, 0.1) is 6.42 Å². The number of carbonyl (C=O) groups excluding carboxylic acids is 1. The zero-order valence-electron chi connectivity index (χ0n) is 11.9. The van der Waals surface area contributed by atoms with Crippen molar-refractivity contribution in [2.75, 3.05) is 7.11 Å². The van der Waals surface area contributed by atoms with E-state index in [9.17, 15) is 20.1 Å². The highest BCUT2D eigenvalue weighted by molar-refractivity contribution is 6.02. The van der Waals surface area contributed by atoms with Crippen LogP contribution in [0.5, 0.6) is 23.0 Å². The molecule has 116 valence electrons. The first kappa shape index (κ1) is 15.7. The van der Waals surface area contributed by atoms with Crippen molar-refractivity contribution in [2.24, 2.45) is 0 Å². The molecule has 0 saturated heterocycles. The number of Topliss-reactive ketones (excluding diaryl/α,β-unsaturated/α-hetero) is 1. The average Bonchev–Trinajstić information content (AvgIpc) is 2.48. The highest BCUT2D eigenvalue weighted by Crippen LogP contribution is 2.41. The van der Waals surface area contributed by atoms with Crippen LogP contribution in [0.15, 0.2) is 36.4 Å². The molecule has 6 heteroatoms. The fourth-order valence-corrected chi connectivity index (χ4v) is 2.30. The fourth-order valence-electron chi connectivity index (χ4n) is 2.30. The van der Waals surface area contributed by atoms with Gasteiger partial charge in [0, 0.05) is 19.2 Å². The number of hydrogen-bond donors (Lipinski definition) is 4. The first-order valence-corrected chi connectivity index (χ1v) is 6.54. The van der Waals surface area contributed by atoms with Crippen LogP contribution in [-0.2, 0) is 0 Å². The van der Waals surface area contributed by atoms with Crippen molar-refractivity contribution in [3.05, 3.63) is 47.5 Å². The van der Waals surface area contributed by atoms with E-state index in [1.165, 1.54) is 18.2 Å². The second-order valence-corrected chi connectivity index (χ2v) is 4.66. The van der Waals surface area contributed by atoms with Gasteiger partial charge in [-0.25, -0.2) is 0 Å². The number of aliphatic hydroxyl groups is 1. The molecular formula is C16H16O6. The topological polar surface area (TPSA) is 107 Å². The molecule has 4 N–H and O–H groups in total. The van der Waals surface area contributed by atoms with Crippen molar-refractivity contribution < 1.29 is 30.0 Å². The number of ether oxygens (including phenoxy) is 1. The molecule has 1 atom stereocenters. The molecule has 1 aliphatic rings. The molecule has 0 saturated carbocycles. The molecule has 0 bridgehead atoms. The predicted molar refractivity (Wildman–Crippen MR) is 78.3 cm³/mol. The molecule has 3 rings (SSSR count). The maximum atomic E-state index is 12.1. The van der Waals surface area contributed by atoms with Gasteiger partial charge in [-0.15, -0.1) is 0 Å². The van der Waals surface area contributed by atoms with Gasteiger partial charge in [-0.05, 0) is 17.7 Å². The number of ketones is 1. The molecule has 2 aromatic carbocycles. The molecule has 0 aromatic heterocycles. The van der Waals surface area contributed by atoms with Crippen LogP contribution in [0.3, 0.4) is 0 Å². The van der Waals surface area contributed by atoms with E-state index in [1.807, 2.05) is 0 Å². The van der Waals surface area contributed by atoms with E-state index in [0.29, 0.717) is 0 Å². The van der Waals surface area contributed by atoms with E-state index < -0.39 is 6.10 Å². The van der Waals surface area contributed by atoms with Crippen LogP contribution in [0.1, 0.15) is 28.4 Å². The van der Waals surface area contributed by atoms with Gasteiger partial charge >= 0.3 is 0 Å². The standard InChI is InChI=1S/C15H12O5.CH4O/c16-9-3-1-8(2-4-9)13-7-12(19)15-11(18)5-10(17)6-14(15)20-13;1-2/h1-6,13,16-18H,7H2;2H,1H3. The van der Waals surface area contributed by atoms with Gasteiger partial charge in [0.15, 0.2) is 5.78 Å². The van der Waals surface area contributed by atoms with Crippen LogP contribution in [0.2, 0.25) is 0 Å². The van der Waals surface area contributed by atoms with Crippen LogP contribution < -0.4 is 4.74 Å². The number of rotatable bonds is 1. The Morgan fingerprint density at radius 3 is 2.27 bits per heavy atom. The molecule has 6 nitrogen and oxygen atoms in total. The second-order valence-electron chi connectivity index (χ2n) is 4.66. The number of benzene rings is 2. The number of fused-ring (bicyclic) bond motifs is 1. The molecule has 1 aliphatic heterocycles. The number of aromatic hydroxyl groups is 3. The quantitative estimate of drug-likeness (QED) is 0.643. The molecule has 1 unspecified atom stereocenters. The minimum absolute atomic E-state index is 0.0934. The summed E-state index contributed by atoms with van der Waals surface area (Å²) in [6, 6.07) is 8.78. The molecule has 0 aliphatic carbocycles. The van der Waals surface area contributed by atoms with E-state index in [4.69, 9.17) is 9.84 Å². The minimum atomic E-state index is -0.503. The Kier molecular flexibility index (Phi) is 4.53. The lowest BCUT2D eigenvalue weighted by Gasteiger charge is -2.26. The third-order valence-electron chi connectivity index (χ3n) is 3.25. The van der Waals surface area contributed by atoms with E-state index in [1.54, 1.807) is 12.1 Å². The van der Waals surface area contributed by atoms with Gasteiger partial charge < -0.3 is 25.2 Å². The monoisotopic (exact) mass is 304 g/mol. The van der Waals surface area contributed by atoms with Crippen LogP contribution in [0.4, 0.5) is 0 Å². The summed E-state index contributed by atoms with van der Waals surface area (Å²) < 4.78 is 5.67. The highest BCUT2D eigenvalue weighted by Gasteiger charge is 2.30. The molecule has 0 fully saturated rings. The number of aliphatic hydroxyl groups excluding tert-OH is 1. The lowest BCUT2D eigenvalue weighted by atomic mass is 9.95. The summed E-state index contributed by atoms with van der Waals surface area (Å²) in [4.78, 5) is 12.1. The zero-order chi connectivity index (χ0) is 16.3. The third-order valence-corrected chi connectivity index (χ3v) is 3.25. The Bertz CT molecular complexity index is 678. The zero-order valence-corrected chi connectivity index (χ0v) is 11.9. The lowest BCUT2D eigenvalue weighted by Crippen LogP contribution is -2.20. The minimum Gasteiger partial charge on any atom is -0.508 e. The van der Waals surface area contributed by atoms with Crippen molar-refractivity contribution >= 4 is 5.78 Å². The first-order valence-electron chi connectivity index (χ1n) is 6.54. The summed E-state index contributed by atoms with van der Waals surface area (Å²) in [5.74, 6) is -0.403. The summed E-state index contributed by atoms with van der Waals surface area (Å²) in [7, 11) is 1.00. The summed E-state index contributed by atoms with van der Waals surface area (Å²) in [6.45, 7) is 0. The Morgan fingerprint density at radius 1 is 1.00 bits per heavy atom. The molecule has 0 amide bonds.